The summed E-state index contributed by atoms with van der Waals surface area (Å²) in [5, 5.41) is 9.08. The van der Waals surface area contributed by atoms with Crippen molar-refractivity contribution < 1.29 is 19.4 Å². The normalized spacial score (nSPS) is 19.9. The van der Waals surface area contributed by atoms with Gasteiger partial charge in [-0.3, -0.25) is 4.90 Å². The summed E-state index contributed by atoms with van der Waals surface area (Å²) in [6.07, 6.45) is -0.331. The maximum absolute atomic E-state index is 11.6. The molecule has 1 atom stereocenters. The van der Waals surface area contributed by atoms with Gasteiger partial charge >= 0.3 is 12.1 Å². The number of carboxylic acid groups (broad SMARTS) is 1. The second kappa shape index (κ2) is 4.75. The quantitative estimate of drug-likeness (QED) is 0.909. The lowest BCUT2D eigenvalue weighted by Crippen LogP contribution is -2.50. The summed E-state index contributed by atoms with van der Waals surface area (Å²) in [5.41, 5.74) is 0.519. The Labute approximate surface area is 106 Å². The van der Waals surface area contributed by atoms with Crippen LogP contribution in [-0.2, 0) is 9.53 Å². The molecule has 1 aliphatic heterocycles. The summed E-state index contributed by atoms with van der Waals surface area (Å²) < 4.78 is 5.73. The topological polar surface area (TPSA) is 66.8 Å². The van der Waals surface area contributed by atoms with E-state index in [2.05, 4.69) is 15.9 Å². The number of aliphatic carboxylic acids is 1. The molecule has 6 heteroatoms. The van der Waals surface area contributed by atoms with Crippen molar-refractivity contribution in [1.29, 1.82) is 0 Å². The largest absolute Gasteiger partial charge is 0.480 e. The number of amides is 1. The number of carboxylic acids is 1. The number of ether oxygens (including phenoxy) is 1. The maximum atomic E-state index is 11.6. The van der Waals surface area contributed by atoms with Gasteiger partial charge in [-0.2, -0.15) is 0 Å². The van der Waals surface area contributed by atoms with Gasteiger partial charge in [0.25, 0.3) is 0 Å². The smallest absolute Gasteiger partial charge is 0.415 e. The van der Waals surface area contributed by atoms with Crippen LogP contribution < -0.4 is 4.90 Å². The number of rotatable bonds is 2. The first-order valence-corrected chi connectivity index (χ1v) is 5.83. The van der Waals surface area contributed by atoms with E-state index in [0.29, 0.717) is 5.69 Å². The molecule has 0 aromatic heterocycles. The van der Waals surface area contributed by atoms with Gasteiger partial charge in [0.05, 0.1) is 6.61 Å². The molecular weight excluding hydrogens is 290 g/mol. The predicted octanol–water partition coefficient (Wildman–Crippen LogP) is 2.25. The Bertz CT molecular complexity index is 445. The Morgan fingerprint density at radius 2 is 2.06 bits per heavy atom. The molecule has 0 saturated carbocycles. The summed E-state index contributed by atoms with van der Waals surface area (Å²) in [4.78, 5) is 23.9. The fraction of sp³-hybridized carbons (Fsp3) is 0.273. The van der Waals surface area contributed by atoms with Gasteiger partial charge < -0.3 is 9.84 Å². The molecule has 0 radical (unpaired) electrons. The first-order valence-electron chi connectivity index (χ1n) is 5.04. The van der Waals surface area contributed by atoms with Gasteiger partial charge in [-0.15, -0.1) is 0 Å². The lowest BCUT2D eigenvalue weighted by Gasteiger charge is -2.32. The van der Waals surface area contributed by atoms with E-state index in [1.807, 2.05) is 0 Å². The lowest BCUT2D eigenvalue weighted by molar-refractivity contribution is -0.139. The minimum absolute atomic E-state index is 0.142. The van der Waals surface area contributed by atoms with Crippen molar-refractivity contribution in [3.05, 3.63) is 28.7 Å². The number of hydrogen-bond acceptors (Lipinski definition) is 3. The molecule has 5 nitrogen and oxygen atoms in total. The Morgan fingerprint density at radius 3 is 2.65 bits per heavy atom. The van der Waals surface area contributed by atoms with Crippen LogP contribution in [0, 0.1) is 0 Å². The number of halogens is 1. The third kappa shape index (κ3) is 2.41. The highest BCUT2D eigenvalue weighted by molar-refractivity contribution is 9.10. The number of benzene rings is 1. The van der Waals surface area contributed by atoms with Crippen LogP contribution in [0.2, 0.25) is 0 Å². The van der Waals surface area contributed by atoms with Crippen molar-refractivity contribution in [2.24, 2.45) is 0 Å². The molecule has 1 aliphatic rings. The van der Waals surface area contributed by atoms with Crippen molar-refractivity contribution in [3.8, 4) is 0 Å². The number of cyclic esters (lactones) is 1. The zero-order valence-corrected chi connectivity index (χ0v) is 10.4. The van der Waals surface area contributed by atoms with Gasteiger partial charge in [-0.1, -0.05) is 15.9 Å². The minimum Gasteiger partial charge on any atom is -0.480 e. The average Bonchev–Trinajstić information content (AvgIpc) is 2.30. The monoisotopic (exact) mass is 299 g/mol. The Morgan fingerprint density at radius 1 is 1.41 bits per heavy atom. The first-order chi connectivity index (χ1) is 8.09. The molecule has 1 fully saturated rings. The van der Waals surface area contributed by atoms with E-state index < -0.39 is 18.1 Å². The maximum Gasteiger partial charge on any atom is 0.415 e. The molecule has 90 valence electrons. The number of anilines is 1. The molecule has 1 aromatic carbocycles. The summed E-state index contributed by atoms with van der Waals surface area (Å²) in [7, 11) is 0. The molecule has 1 amide bonds. The summed E-state index contributed by atoms with van der Waals surface area (Å²) in [6, 6.07) is 5.98. The fourth-order valence-electron chi connectivity index (χ4n) is 1.70. The van der Waals surface area contributed by atoms with Gasteiger partial charge in [0.2, 0.25) is 0 Å². The van der Waals surface area contributed by atoms with E-state index in [-0.39, 0.29) is 13.0 Å². The fourth-order valence-corrected chi connectivity index (χ4v) is 1.97. The molecule has 0 aliphatic carbocycles. The van der Waals surface area contributed by atoms with Crippen LogP contribution in [0.3, 0.4) is 0 Å². The first kappa shape index (κ1) is 11.9. The van der Waals surface area contributed by atoms with Gasteiger partial charge in [0, 0.05) is 16.6 Å². The predicted molar refractivity (Wildman–Crippen MR) is 64.0 cm³/mol. The highest BCUT2D eigenvalue weighted by Crippen LogP contribution is 2.25. The molecule has 1 saturated heterocycles. The van der Waals surface area contributed by atoms with E-state index in [4.69, 9.17) is 9.84 Å². The number of carbonyl (C=O) groups is 2. The zero-order valence-electron chi connectivity index (χ0n) is 8.80. The number of nitrogens with zero attached hydrogens (tertiary/aromatic N) is 1. The Kier molecular flexibility index (Phi) is 3.33. The van der Waals surface area contributed by atoms with Gasteiger partial charge in [0.15, 0.2) is 0 Å². The van der Waals surface area contributed by atoms with E-state index >= 15 is 0 Å². The molecule has 1 N–H and O–H groups in total. The lowest BCUT2D eigenvalue weighted by atomic mass is 10.1. The summed E-state index contributed by atoms with van der Waals surface area (Å²) >= 11 is 3.28. The van der Waals surface area contributed by atoms with Crippen LogP contribution in [0.15, 0.2) is 28.7 Å². The number of carbonyl (C=O) groups excluding carboxylic acids is 1. The number of hydrogen-bond donors (Lipinski definition) is 1. The van der Waals surface area contributed by atoms with E-state index in [9.17, 15) is 9.59 Å². The zero-order chi connectivity index (χ0) is 12.4. The molecule has 17 heavy (non-hydrogen) atoms. The van der Waals surface area contributed by atoms with Crippen molar-refractivity contribution in [2.45, 2.75) is 12.5 Å². The standard InChI is InChI=1S/C11H10BrNO4/c12-7-1-3-8(4-2-7)13-9(10(14)15)5-6-17-11(13)16/h1-4,9H,5-6H2,(H,14,15). The second-order valence-corrected chi connectivity index (χ2v) is 4.52. The van der Waals surface area contributed by atoms with Crippen molar-refractivity contribution >= 4 is 33.7 Å². The van der Waals surface area contributed by atoms with Gasteiger partial charge in [-0.05, 0) is 24.3 Å². The summed E-state index contributed by atoms with van der Waals surface area (Å²) in [5.74, 6) is -1.02. The van der Waals surface area contributed by atoms with Crippen molar-refractivity contribution in [1.82, 2.24) is 0 Å². The Hall–Kier alpha value is -1.56. The summed E-state index contributed by atoms with van der Waals surface area (Å²) in [6.45, 7) is 0.142. The van der Waals surface area contributed by atoms with Crippen LogP contribution in [0.25, 0.3) is 0 Å². The molecule has 1 unspecified atom stereocenters. The minimum atomic E-state index is -1.02. The van der Waals surface area contributed by atoms with Crippen molar-refractivity contribution in [3.63, 3.8) is 0 Å². The molecule has 0 bridgehead atoms. The third-order valence-electron chi connectivity index (χ3n) is 2.52. The molecular formula is C11H10BrNO4. The van der Waals surface area contributed by atoms with Crippen LogP contribution >= 0.6 is 15.9 Å². The van der Waals surface area contributed by atoms with Gasteiger partial charge in [0.1, 0.15) is 6.04 Å². The SMILES string of the molecule is O=C(O)C1CCOC(=O)N1c1ccc(Br)cc1. The van der Waals surface area contributed by atoms with E-state index in [1.54, 1.807) is 24.3 Å². The van der Waals surface area contributed by atoms with Crippen LogP contribution in [0.4, 0.5) is 10.5 Å². The second-order valence-electron chi connectivity index (χ2n) is 3.60. The molecule has 0 spiro atoms. The van der Waals surface area contributed by atoms with Crippen LogP contribution in [0.5, 0.6) is 0 Å². The molecule has 2 rings (SSSR count). The molecule has 1 heterocycles. The van der Waals surface area contributed by atoms with Crippen molar-refractivity contribution in [2.75, 3.05) is 11.5 Å². The van der Waals surface area contributed by atoms with Gasteiger partial charge in [-0.25, -0.2) is 9.59 Å². The van der Waals surface area contributed by atoms with Crippen LogP contribution in [-0.4, -0.2) is 29.8 Å². The highest BCUT2D eigenvalue weighted by Gasteiger charge is 2.35. The highest BCUT2D eigenvalue weighted by atomic mass is 79.9. The van der Waals surface area contributed by atoms with E-state index in [1.165, 1.54) is 0 Å². The van der Waals surface area contributed by atoms with Crippen LogP contribution in [0.1, 0.15) is 6.42 Å². The molecule has 1 aromatic rings. The average molecular weight is 300 g/mol. The van der Waals surface area contributed by atoms with E-state index in [0.717, 1.165) is 9.37 Å². The third-order valence-corrected chi connectivity index (χ3v) is 3.04. The Balaban J connectivity index is 2.34.